The molecule has 0 aromatic carbocycles. The number of pyridine rings is 1. The predicted molar refractivity (Wildman–Crippen MR) is 72.2 cm³/mol. The van der Waals surface area contributed by atoms with Crippen molar-refractivity contribution in [2.75, 3.05) is 19.6 Å². The Hall–Kier alpha value is -1.43. The minimum Gasteiger partial charge on any atom is -0.355 e. The molecule has 0 atom stereocenters. The number of carbonyl (C=O) groups is 2. The fraction of sp³-hybridized carbons (Fsp3) is 0.417. The van der Waals surface area contributed by atoms with Crippen molar-refractivity contribution in [3.63, 3.8) is 0 Å². The molecular weight excluding hydrogens is 298 g/mol. The SMILES string of the molecule is CCNC(=O)CN(CC)C(=O)c1cccc(Br)n1. The maximum atomic E-state index is 12.1. The van der Waals surface area contributed by atoms with Crippen molar-refractivity contribution >= 4 is 27.7 Å². The molecule has 5 nitrogen and oxygen atoms in total. The van der Waals surface area contributed by atoms with Gasteiger partial charge in [-0.25, -0.2) is 4.98 Å². The number of rotatable bonds is 5. The van der Waals surface area contributed by atoms with Gasteiger partial charge >= 0.3 is 0 Å². The molecule has 0 bridgehead atoms. The summed E-state index contributed by atoms with van der Waals surface area (Å²) in [5.41, 5.74) is 0.329. The summed E-state index contributed by atoms with van der Waals surface area (Å²) in [6, 6.07) is 5.12. The molecule has 0 radical (unpaired) electrons. The van der Waals surface area contributed by atoms with Crippen LogP contribution in [0.1, 0.15) is 24.3 Å². The monoisotopic (exact) mass is 313 g/mol. The van der Waals surface area contributed by atoms with Crippen LogP contribution in [0.2, 0.25) is 0 Å². The third-order valence-electron chi connectivity index (χ3n) is 2.31. The van der Waals surface area contributed by atoms with Crippen molar-refractivity contribution in [3.05, 3.63) is 28.5 Å². The van der Waals surface area contributed by atoms with Crippen LogP contribution in [-0.4, -0.2) is 41.3 Å². The number of hydrogen-bond acceptors (Lipinski definition) is 3. The van der Waals surface area contributed by atoms with Crippen LogP contribution in [0.3, 0.4) is 0 Å². The standard InChI is InChI=1S/C12H16BrN3O2/c1-3-14-11(17)8-16(4-2)12(18)9-6-5-7-10(13)15-9/h5-7H,3-4,8H2,1-2H3,(H,14,17). The molecule has 2 amide bonds. The first-order valence-corrected chi connectivity index (χ1v) is 6.56. The number of amides is 2. The number of nitrogens with one attached hydrogen (secondary N) is 1. The van der Waals surface area contributed by atoms with Crippen LogP contribution in [0.15, 0.2) is 22.8 Å². The van der Waals surface area contributed by atoms with E-state index in [0.29, 0.717) is 23.4 Å². The quantitative estimate of drug-likeness (QED) is 0.837. The van der Waals surface area contributed by atoms with Gasteiger partial charge in [0.2, 0.25) is 5.91 Å². The molecule has 1 rings (SSSR count). The molecule has 6 heteroatoms. The topological polar surface area (TPSA) is 62.3 Å². The van der Waals surface area contributed by atoms with Gasteiger partial charge in [0.25, 0.3) is 5.91 Å². The van der Waals surface area contributed by atoms with Crippen LogP contribution in [0.4, 0.5) is 0 Å². The van der Waals surface area contributed by atoms with Gasteiger partial charge in [0.1, 0.15) is 10.3 Å². The van der Waals surface area contributed by atoms with E-state index in [2.05, 4.69) is 26.2 Å². The van der Waals surface area contributed by atoms with Gasteiger partial charge in [-0.3, -0.25) is 9.59 Å². The Morgan fingerprint density at radius 1 is 1.39 bits per heavy atom. The van der Waals surface area contributed by atoms with Gasteiger partial charge in [-0.2, -0.15) is 0 Å². The van der Waals surface area contributed by atoms with E-state index in [0.717, 1.165) is 0 Å². The summed E-state index contributed by atoms with van der Waals surface area (Å²) in [6.07, 6.45) is 0. The van der Waals surface area contributed by atoms with Crippen LogP contribution in [0.5, 0.6) is 0 Å². The Morgan fingerprint density at radius 2 is 2.11 bits per heavy atom. The highest BCUT2D eigenvalue weighted by atomic mass is 79.9. The summed E-state index contributed by atoms with van der Waals surface area (Å²) >= 11 is 3.22. The number of nitrogens with zero attached hydrogens (tertiary/aromatic N) is 2. The van der Waals surface area contributed by atoms with E-state index in [-0.39, 0.29) is 18.4 Å². The Kier molecular flexibility index (Phi) is 5.77. The van der Waals surface area contributed by atoms with Crippen LogP contribution >= 0.6 is 15.9 Å². The molecule has 1 N–H and O–H groups in total. The van der Waals surface area contributed by atoms with Crippen LogP contribution in [0, 0.1) is 0 Å². The zero-order chi connectivity index (χ0) is 13.5. The molecule has 0 aliphatic carbocycles. The second kappa shape index (κ2) is 7.10. The summed E-state index contributed by atoms with van der Waals surface area (Å²) in [7, 11) is 0. The lowest BCUT2D eigenvalue weighted by molar-refractivity contribution is -0.121. The largest absolute Gasteiger partial charge is 0.355 e. The molecule has 1 heterocycles. The van der Waals surface area contributed by atoms with E-state index in [9.17, 15) is 9.59 Å². The third kappa shape index (κ3) is 4.10. The summed E-state index contributed by atoms with van der Waals surface area (Å²) in [5.74, 6) is -0.409. The highest BCUT2D eigenvalue weighted by Gasteiger charge is 2.18. The average molecular weight is 314 g/mol. The third-order valence-corrected chi connectivity index (χ3v) is 2.75. The zero-order valence-corrected chi connectivity index (χ0v) is 12.0. The lowest BCUT2D eigenvalue weighted by Gasteiger charge is -2.19. The Labute approximate surface area is 115 Å². The average Bonchev–Trinajstić information content (AvgIpc) is 2.35. The smallest absolute Gasteiger partial charge is 0.272 e. The minimum atomic E-state index is -0.245. The van der Waals surface area contributed by atoms with Crippen LogP contribution in [-0.2, 0) is 4.79 Å². The van der Waals surface area contributed by atoms with Crippen molar-refractivity contribution in [3.8, 4) is 0 Å². The van der Waals surface area contributed by atoms with Crippen LogP contribution in [0.25, 0.3) is 0 Å². The highest BCUT2D eigenvalue weighted by Crippen LogP contribution is 2.08. The molecule has 0 saturated heterocycles. The maximum Gasteiger partial charge on any atom is 0.272 e. The lowest BCUT2D eigenvalue weighted by Crippen LogP contribution is -2.40. The first-order chi connectivity index (χ1) is 8.58. The molecular formula is C12H16BrN3O2. The fourth-order valence-corrected chi connectivity index (χ4v) is 1.79. The highest BCUT2D eigenvalue weighted by molar-refractivity contribution is 9.10. The maximum absolute atomic E-state index is 12.1. The molecule has 1 aromatic heterocycles. The number of likely N-dealkylation sites (N-methyl/N-ethyl adjacent to an activating group) is 2. The van der Waals surface area contributed by atoms with Crippen molar-refractivity contribution < 1.29 is 9.59 Å². The first kappa shape index (κ1) is 14.6. The van der Waals surface area contributed by atoms with E-state index in [4.69, 9.17) is 0 Å². The Morgan fingerprint density at radius 3 is 2.67 bits per heavy atom. The molecule has 1 aromatic rings. The number of carbonyl (C=O) groups excluding carboxylic acids is 2. The molecule has 0 aliphatic heterocycles. The van der Waals surface area contributed by atoms with Gasteiger partial charge in [-0.1, -0.05) is 6.07 Å². The van der Waals surface area contributed by atoms with E-state index in [1.165, 1.54) is 4.90 Å². The summed E-state index contributed by atoms with van der Waals surface area (Å²) in [6.45, 7) is 4.74. The fourth-order valence-electron chi connectivity index (χ4n) is 1.44. The molecule has 0 fully saturated rings. The molecule has 0 aliphatic rings. The number of aromatic nitrogens is 1. The van der Waals surface area contributed by atoms with Crippen LogP contribution < -0.4 is 5.32 Å². The predicted octanol–water partition coefficient (Wildman–Crippen LogP) is 1.44. The Bertz CT molecular complexity index is 437. The lowest BCUT2D eigenvalue weighted by atomic mass is 10.3. The van der Waals surface area contributed by atoms with Gasteiger partial charge in [-0.15, -0.1) is 0 Å². The molecule has 0 spiro atoms. The van der Waals surface area contributed by atoms with Crippen molar-refractivity contribution in [1.29, 1.82) is 0 Å². The summed E-state index contributed by atoms with van der Waals surface area (Å²) < 4.78 is 0.599. The van der Waals surface area contributed by atoms with E-state index >= 15 is 0 Å². The van der Waals surface area contributed by atoms with Gasteiger partial charge in [0, 0.05) is 13.1 Å². The summed E-state index contributed by atoms with van der Waals surface area (Å²) in [4.78, 5) is 29.2. The number of hydrogen-bond donors (Lipinski definition) is 1. The van der Waals surface area contributed by atoms with Crippen molar-refractivity contribution in [2.24, 2.45) is 0 Å². The van der Waals surface area contributed by atoms with E-state index in [1.54, 1.807) is 18.2 Å². The second-order valence-corrected chi connectivity index (χ2v) is 4.43. The van der Waals surface area contributed by atoms with E-state index < -0.39 is 0 Å². The van der Waals surface area contributed by atoms with E-state index in [1.807, 2.05) is 13.8 Å². The van der Waals surface area contributed by atoms with Crippen molar-refractivity contribution in [1.82, 2.24) is 15.2 Å². The first-order valence-electron chi connectivity index (χ1n) is 5.77. The van der Waals surface area contributed by atoms with Gasteiger partial charge in [0.05, 0.1) is 6.54 Å². The Balaban J connectivity index is 2.76. The minimum absolute atomic E-state index is 0.0529. The van der Waals surface area contributed by atoms with Gasteiger partial charge < -0.3 is 10.2 Å². The zero-order valence-electron chi connectivity index (χ0n) is 10.4. The van der Waals surface area contributed by atoms with Gasteiger partial charge in [0.15, 0.2) is 0 Å². The summed E-state index contributed by atoms with van der Waals surface area (Å²) in [5, 5.41) is 2.67. The molecule has 18 heavy (non-hydrogen) atoms. The number of halogens is 1. The van der Waals surface area contributed by atoms with Crippen molar-refractivity contribution in [2.45, 2.75) is 13.8 Å². The normalized spacial score (nSPS) is 9.94. The second-order valence-electron chi connectivity index (χ2n) is 3.62. The molecule has 0 saturated carbocycles. The van der Waals surface area contributed by atoms with Gasteiger partial charge in [-0.05, 0) is 41.9 Å². The molecule has 98 valence electrons. The molecule has 0 unspecified atom stereocenters.